The van der Waals surface area contributed by atoms with Gasteiger partial charge in [0.15, 0.2) is 6.54 Å². The first kappa shape index (κ1) is 29.6. The molecule has 0 aromatic rings. The summed E-state index contributed by atoms with van der Waals surface area (Å²) in [4.78, 5) is 22.7. The molecule has 0 aliphatic heterocycles. The maximum absolute atomic E-state index is 11.9. The predicted molar refractivity (Wildman–Crippen MR) is 128 cm³/mol. The van der Waals surface area contributed by atoms with Crippen LogP contribution in [-0.4, -0.2) is 66.4 Å². The number of aliphatic hydroxyl groups excluding tert-OH is 1. The van der Waals surface area contributed by atoms with Gasteiger partial charge < -0.3 is 20.0 Å². The lowest BCUT2D eigenvalue weighted by Crippen LogP contribution is -2.45. The zero-order valence-corrected chi connectivity index (χ0v) is 20.4. The number of nitrogens with zero attached hydrogens (tertiary/aromatic N) is 1. The standard InChI is InChI=1S/C25H48N2O4/c1-4-5-6-13-17-23(28)18-14-11-9-7-8-10-12-15-19-24(29)26-20-16-21-27(2,3)22-25(30)31/h11,14,23,28H,4-10,12-13,15-22H2,1-3H3,(H-,26,29,30,31)/p+1/b14-11+. The summed E-state index contributed by atoms with van der Waals surface area (Å²) in [6.45, 7) is 3.65. The number of carboxylic acid groups (broad SMARTS) is 1. The number of hydrogen-bond acceptors (Lipinski definition) is 3. The van der Waals surface area contributed by atoms with E-state index in [1.807, 2.05) is 14.1 Å². The number of carbonyl (C=O) groups is 2. The molecule has 0 heterocycles. The largest absolute Gasteiger partial charge is 0.477 e. The molecular formula is C25H49N2O4+. The van der Waals surface area contributed by atoms with Gasteiger partial charge in [-0.15, -0.1) is 0 Å². The van der Waals surface area contributed by atoms with Crippen molar-refractivity contribution in [3.8, 4) is 0 Å². The van der Waals surface area contributed by atoms with Crippen LogP contribution in [0.3, 0.4) is 0 Å². The maximum atomic E-state index is 11.9. The number of carboxylic acids is 1. The summed E-state index contributed by atoms with van der Waals surface area (Å²) in [5, 5.41) is 21.7. The summed E-state index contributed by atoms with van der Waals surface area (Å²) >= 11 is 0. The summed E-state index contributed by atoms with van der Waals surface area (Å²) < 4.78 is 0.431. The van der Waals surface area contributed by atoms with Crippen molar-refractivity contribution in [3.63, 3.8) is 0 Å². The molecule has 0 aliphatic carbocycles. The predicted octanol–water partition coefficient (Wildman–Crippen LogP) is 4.66. The van der Waals surface area contributed by atoms with E-state index in [4.69, 9.17) is 5.11 Å². The zero-order chi connectivity index (χ0) is 23.4. The number of hydrogen-bond donors (Lipinski definition) is 3. The van der Waals surface area contributed by atoms with E-state index < -0.39 is 5.97 Å². The van der Waals surface area contributed by atoms with Gasteiger partial charge in [-0.2, -0.15) is 0 Å². The van der Waals surface area contributed by atoms with Crippen LogP contribution >= 0.6 is 0 Å². The molecule has 0 saturated heterocycles. The number of likely N-dealkylation sites (N-methyl/N-ethyl adjacent to an activating group) is 1. The van der Waals surface area contributed by atoms with Crippen molar-refractivity contribution in [3.05, 3.63) is 12.2 Å². The Hall–Kier alpha value is -1.40. The smallest absolute Gasteiger partial charge is 0.359 e. The van der Waals surface area contributed by atoms with Crippen LogP contribution in [0, 0.1) is 0 Å². The molecule has 0 bridgehead atoms. The van der Waals surface area contributed by atoms with Gasteiger partial charge in [-0.3, -0.25) is 4.79 Å². The Morgan fingerprint density at radius 1 is 0.935 bits per heavy atom. The third-order valence-corrected chi connectivity index (χ3v) is 5.57. The molecule has 182 valence electrons. The molecule has 0 aromatic heterocycles. The average molecular weight is 442 g/mol. The molecule has 0 rings (SSSR count). The summed E-state index contributed by atoms with van der Waals surface area (Å²) in [5.41, 5.74) is 0. The molecule has 0 saturated carbocycles. The number of quaternary nitrogens is 1. The van der Waals surface area contributed by atoms with E-state index in [9.17, 15) is 14.7 Å². The molecule has 1 unspecified atom stereocenters. The number of amides is 1. The Balaban J connectivity index is 3.48. The number of nitrogens with one attached hydrogen (secondary N) is 1. The highest BCUT2D eigenvalue weighted by molar-refractivity contribution is 5.75. The van der Waals surface area contributed by atoms with Crippen molar-refractivity contribution < 1.29 is 24.3 Å². The van der Waals surface area contributed by atoms with Gasteiger partial charge in [0.2, 0.25) is 5.91 Å². The van der Waals surface area contributed by atoms with Crippen LogP contribution in [-0.2, 0) is 9.59 Å². The van der Waals surface area contributed by atoms with Gasteiger partial charge >= 0.3 is 5.97 Å². The highest BCUT2D eigenvalue weighted by Gasteiger charge is 2.18. The molecule has 0 spiro atoms. The topological polar surface area (TPSA) is 86.6 Å². The van der Waals surface area contributed by atoms with Crippen LogP contribution in [0.25, 0.3) is 0 Å². The van der Waals surface area contributed by atoms with Gasteiger partial charge in [0, 0.05) is 19.4 Å². The second-order valence-corrected chi connectivity index (χ2v) is 9.43. The molecule has 0 aliphatic rings. The van der Waals surface area contributed by atoms with Gasteiger partial charge in [0.1, 0.15) is 0 Å². The van der Waals surface area contributed by atoms with Crippen molar-refractivity contribution in [2.45, 2.75) is 103 Å². The first-order valence-corrected chi connectivity index (χ1v) is 12.4. The van der Waals surface area contributed by atoms with Gasteiger partial charge in [-0.05, 0) is 32.1 Å². The van der Waals surface area contributed by atoms with Crippen LogP contribution in [0.2, 0.25) is 0 Å². The van der Waals surface area contributed by atoms with Crippen LogP contribution in [0.15, 0.2) is 12.2 Å². The highest BCUT2D eigenvalue weighted by atomic mass is 16.4. The lowest BCUT2D eigenvalue weighted by molar-refractivity contribution is -0.883. The molecule has 1 atom stereocenters. The van der Waals surface area contributed by atoms with E-state index >= 15 is 0 Å². The molecule has 3 N–H and O–H groups in total. The summed E-state index contributed by atoms with van der Waals surface area (Å²) in [6.07, 6.45) is 18.6. The second-order valence-electron chi connectivity index (χ2n) is 9.43. The number of aliphatic carboxylic acids is 1. The van der Waals surface area contributed by atoms with E-state index in [0.29, 0.717) is 17.4 Å². The second kappa shape index (κ2) is 19.3. The van der Waals surface area contributed by atoms with Crippen molar-refractivity contribution >= 4 is 11.9 Å². The van der Waals surface area contributed by atoms with Crippen molar-refractivity contribution in [2.75, 3.05) is 33.7 Å². The third kappa shape index (κ3) is 21.6. The zero-order valence-electron chi connectivity index (χ0n) is 20.4. The van der Waals surface area contributed by atoms with E-state index in [1.54, 1.807) is 0 Å². The Morgan fingerprint density at radius 3 is 2.32 bits per heavy atom. The number of unbranched alkanes of at least 4 members (excludes halogenated alkanes) is 8. The Bertz CT molecular complexity index is 492. The fraction of sp³-hybridized carbons (Fsp3) is 0.840. The van der Waals surface area contributed by atoms with E-state index in [0.717, 1.165) is 57.9 Å². The van der Waals surface area contributed by atoms with Gasteiger partial charge in [0.05, 0.1) is 26.7 Å². The first-order chi connectivity index (χ1) is 14.8. The first-order valence-electron chi connectivity index (χ1n) is 12.4. The molecule has 0 fully saturated rings. The minimum atomic E-state index is -0.794. The monoisotopic (exact) mass is 441 g/mol. The molecular weight excluding hydrogens is 392 g/mol. The Morgan fingerprint density at radius 2 is 1.61 bits per heavy atom. The number of allylic oxidation sites excluding steroid dienone is 1. The maximum Gasteiger partial charge on any atom is 0.359 e. The summed E-state index contributed by atoms with van der Waals surface area (Å²) in [6, 6.07) is 0. The third-order valence-electron chi connectivity index (χ3n) is 5.57. The molecule has 31 heavy (non-hydrogen) atoms. The average Bonchev–Trinajstić information content (AvgIpc) is 2.69. The normalized spacial score (nSPS) is 12.9. The molecule has 0 aromatic carbocycles. The quantitative estimate of drug-likeness (QED) is 0.137. The minimum absolute atomic E-state index is 0.0970. The number of aliphatic hydroxyl groups is 1. The summed E-state index contributed by atoms with van der Waals surface area (Å²) in [5.74, 6) is -0.697. The lowest BCUT2D eigenvalue weighted by Gasteiger charge is -2.27. The highest BCUT2D eigenvalue weighted by Crippen LogP contribution is 2.10. The fourth-order valence-corrected chi connectivity index (χ4v) is 3.64. The van der Waals surface area contributed by atoms with Crippen LogP contribution in [0.1, 0.15) is 96.8 Å². The van der Waals surface area contributed by atoms with Gasteiger partial charge in [0.25, 0.3) is 0 Å². The van der Waals surface area contributed by atoms with E-state index in [-0.39, 0.29) is 18.6 Å². The van der Waals surface area contributed by atoms with Crippen molar-refractivity contribution in [1.82, 2.24) is 5.32 Å². The SMILES string of the molecule is CCCCCCC(O)C/C=C/CCCCCCCC(=O)NCCC[N+](C)(C)CC(=O)O. The lowest BCUT2D eigenvalue weighted by atomic mass is 10.1. The molecule has 0 radical (unpaired) electrons. The van der Waals surface area contributed by atoms with Crippen molar-refractivity contribution in [1.29, 1.82) is 0 Å². The Labute approximate surface area is 190 Å². The van der Waals surface area contributed by atoms with E-state index in [2.05, 4.69) is 24.4 Å². The van der Waals surface area contributed by atoms with Crippen LogP contribution in [0.5, 0.6) is 0 Å². The Kier molecular flexibility index (Phi) is 18.4. The number of rotatable bonds is 21. The molecule has 6 heteroatoms. The number of carbonyl (C=O) groups excluding carboxylic acids is 1. The minimum Gasteiger partial charge on any atom is -0.477 e. The molecule has 1 amide bonds. The van der Waals surface area contributed by atoms with Gasteiger partial charge in [-0.1, -0.05) is 64.0 Å². The van der Waals surface area contributed by atoms with Crippen molar-refractivity contribution in [2.24, 2.45) is 0 Å². The van der Waals surface area contributed by atoms with Crippen LogP contribution in [0.4, 0.5) is 0 Å². The van der Waals surface area contributed by atoms with Gasteiger partial charge in [-0.25, -0.2) is 4.79 Å². The van der Waals surface area contributed by atoms with Crippen LogP contribution < -0.4 is 5.32 Å². The fourth-order valence-electron chi connectivity index (χ4n) is 3.64. The molecule has 6 nitrogen and oxygen atoms in total. The summed E-state index contributed by atoms with van der Waals surface area (Å²) in [7, 11) is 3.79. The van der Waals surface area contributed by atoms with E-state index in [1.165, 1.54) is 32.1 Å².